The van der Waals surface area contributed by atoms with Crippen molar-refractivity contribution in [2.45, 2.75) is 26.9 Å². The molecule has 2 N–H and O–H groups in total. The first-order valence-corrected chi connectivity index (χ1v) is 8.79. The summed E-state index contributed by atoms with van der Waals surface area (Å²) in [6.45, 7) is 6.07. The van der Waals surface area contributed by atoms with E-state index < -0.39 is 0 Å². The Bertz CT molecular complexity index is 906. The smallest absolute Gasteiger partial charge is 0.191 e. The predicted octanol–water partition coefficient (Wildman–Crippen LogP) is 3.52. The molecule has 0 atom stereocenters. The summed E-state index contributed by atoms with van der Waals surface area (Å²) in [6, 6.07) is 14.0. The highest BCUT2D eigenvalue weighted by molar-refractivity contribution is 14.0. The zero-order chi connectivity index (χ0) is 18.4. The van der Waals surface area contributed by atoms with E-state index in [0.29, 0.717) is 13.1 Å². The van der Waals surface area contributed by atoms with Gasteiger partial charge in [0.2, 0.25) is 0 Å². The Labute approximate surface area is 177 Å². The van der Waals surface area contributed by atoms with E-state index in [4.69, 9.17) is 4.74 Å². The Balaban J connectivity index is 0.00000261. The third-order valence-corrected chi connectivity index (χ3v) is 4.13. The number of nitrogens with one attached hydrogen (secondary N) is 2. The summed E-state index contributed by atoms with van der Waals surface area (Å²) in [5, 5.41) is 6.62. The number of hydrogen-bond acceptors (Lipinski definition) is 3. The number of fused-ring (bicyclic) bond motifs is 1. The Morgan fingerprint density at radius 3 is 2.70 bits per heavy atom. The summed E-state index contributed by atoms with van der Waals surface area (Å²) in [4.78, 5) is 9.31. The molecule has 0 spiro atoms. The Morgan fingerprint density at radius 1 is 1.15 bits per heavy atom. The second kappa shape index (κ2) is 10.1. The number of halogens is 1. The van der Waals surface area contributed by atoms with E-state index >= 15 is 0 Å². The first kappa shape index (κ1) is 21.0. The number of aromatic nitrogens is 2. The molecule has 27 heavy (non-hydrogen) atoms. The third-order valence-electron chi connectivity index (χ3n) is 4.13. The first-order chi connectivity index (χ1) is 12.7. The highest BCUT2D eigenvalue weighted by atomic mass is 127. The molecule has 0 aliphatic rings. The van der Waals surface area contributed by atoms with Crippen LogP contribution < -0.4 is 15.4 Å². The van der Waals surface area contributed by atoms with Crippen LogP contribution in [-0.4, -0.2) is 29.0 Å². The van der Waals surface area contributed by atoms with Crippen molar-refractivity contribution in [1.29, 1.82) is 0 Å². The van der Waals surface area contributed by atoms with Gasteiger partial charge in [0.05, 0.1) is 25.9 Å². The van der Waals surface area contributed by atoms with Gasteiger partial charge in [-0.15, -0.1) is 24.0 Å². The van der Waals surface area contributed by atoms with Crippen LogP contribution in [0.1, 0.15) is 23.9 Å². The number of benzene rings is 1. The van der Waals surface area contributed by atoms with Crippen molar-refractivity contribution in [3.8, 4) is 5.75 Å². The number of imidazole rings is 1. The molecule has 7 heteroatoms. The van der Waals surface area contributed by atoms with Crippen molar-refractivity contribution in [2.75, 3.05) is 13.7 Å². The number of methoxy groups -OCH3 is 1. The third kappa shape index (κ3) is 5.35. The fourth-order valence-electron chi connectivity index (χ4n) is 2.80. The second-order valence-electron chi connectivity index (χ2n) is 5.99. The summed E-state index contributed by atoms with van der Waals surface area (Å²) >= 11 is 0. The normalized spacial score (nSPS) is 11.1. The van der Waals surface area contributed by atoms with E-state index in [1.165, 1.54) is 0 Å². The van der Waals surface area contributed by atoms with Crippen molar-refractivity contribution >= 4 is 35.6 Å². The van der Waals surface area contributed by atoms with E-state index in [-0.39, 0.29) is 24.0 Å². The lowest BCUT2D eigenvalue weighted by Crippen LogP contribution is -2.36. The van der Waals surface area contributed by atoms with Crippen molar-refractivity contribution in [2.24, 2.45) is 4.99 Å². The Hall–Kier alpha value is -2.29. The van der Waals surface area contributed by atoms with Gasteiger partial charge in [-0.25, -0.2) is 9.98 Å². The van der Waals surface area contributed by atoms with E-state index in [1.54, 1.807) is 7.11 Å². The van der Waals surface area contributed by atoms with Crippen LogP contribution in [0.4, 0.5) is 0 Å². The molecule has 0 aliphatic carbocycles. The monoisotopic (exact) mass is 479 g/mol. The van der Waals surface area contributed by atoms with Gasteiger partial charge in [-0.05, 0) is 32.0 Å². The summed E-state index contributed by atoms with van der Waals surface area (Å²) < 4.78 is 7.48. The van der Waals surface area contributed by atoms with Crippen molar-refractivity contribution < 1.29 is 4.74 Å². The molecule has 1 aromatic carbocycles. The zero-order valence-corrected chi connectivity index (χ0v) is 18.2. The molecule has 0 amide bonds. The Kier molecular flexibility index (Phi) is 7.90. The van der Waals surface area contributed by atoms with Gasteiger partial charge in [-0.3, -0.25) is 0 Å². The van der Waals surface area contributed by atoms with Crippen molar-refractivity contribution in [1.82, 2.24) is 20.0 Å². The maximum Gasteiger partial charge on any atom is 0.191 e. The molecule has 6 nitrogen and oxygen atoms in total. The molecular formula is C20H26IN5O. The molecule has 2 aromatic heterocycles. The number of nitrogens with zero attached hydrogens (tertiary/aromatic N) is 3. The van der Waals surface area contributed by atoms with Gasteiger partial charge in [-0.2, -0.15) is 0 Å². The molecule has 0 unspecified atom stereocenters. The van der Waals surface area contributed by atoms with E-state index in [1.807, 2.05) is 36.4 Å². The van der Waals surface area contributed by atoms with Crippen LogP contribution in [0.15, 0.2) is 53.7 Å². The van der Waals surface area contributed by atoms with Gasteiger partial charge in [0.1, 0.15) is 11.4 Å². The van der Waals surface area contributed by atoms with Crippen LogP contribution in [0.3, 0.4) is 0 Å². The minimum atomic E-state index is 0. The van der Waals surface area contributed by atoms with Crippen molar-refractivity contribution in [3.63, 3.8) is 0 Å². The lowest BCUT2D eigenvalue weighted by Gasteiger charge is -2.11. The average Bonchev–Trinajstić information content (AvgIpc) is 3.09. The molecule has 0 fully saturated rings. The maximum absolute atomic E-state index is 5.39. The molecule has 144 valence electrons. The second-order valence-corrected chi connectivity index (χ2v) is 5.99. The molecular weight excluding hydrogens is 453 g/mol. The molecule has 0 bridgehead atoms. The number of aliphatic imine (C=N–C) groups is 1. The zero-order valence-electron chi connectivity index (χ0n) is 15.9. The number of ether oxygens (including phenoxy) is 1. The highest BCUT2D eigenvalue weighted by Crippen LogP contribution is 2.17. The Morgan fingerprint density at radius 2 is 1.96 bits per heavy atom. The van der Waals surface area contributed by atoms with Gasteiger partial charge in [0.25, 0.3) is 0 Å². The number of rotatable bonds is 6. The van der Waals surface area contributed by atoms with Crippen LogP contribution in [-0.2, 0) is 13.1 Å². The van der Waals surface area contributed by atoms with Gasteiger partial charge in [0, 0.05) is 24.0 Å². The SMILES string of the molecule is CCNC(=NCc1ccccc1OC)NCc1cn2c(C)cccc2n1.I. The van der Waals surface area contributed by atoms with Crippen LogP contribution in [0.25, 0.3) is 5.65 Å². The van der Waals surface area contributed by atoms with Gasteiger partial charge in [0.15, 0.2) is 5.96 Å². The predicted molar refractivity (Wildman–Crippen MR) is 120 cm³/mol. The van der Waals surface area contributed by atoms with Crippen molar-refractivity contribution in [3.05, 3.63) is 65.6 Å². The van der Waals surface area contributed by atoms with Crippen LogP contribution in [0.5, 0.6) is 5.75 Å². The van der Waals surface area contributed by atoms with Crippen LogP contribution in [0, 0.1) is 6.92 Å². The summed E-state index contributed by atoms with van der Waals surface area (Å²) in [7, 11) is 1.68. The molecule has 0 aliphatic heterocycles. The molecule has 0 saturated heterocycles. The molecule has 0 saturated carbocycles. The quantitative estimate of drug-likeness (QED) is 0.323. The molecule has 0 radical (unpaired) electrons. The van der Waals surface area contributed by atoms with Crippen LogP contribution >= 0.6 is 24.0 Å². The van der Waals surface area contributed by atoms with E-state index in [2.05, 4.69) is 51.1 Å². The standard InChI is InChI=1S/C20H25N5O.HI/c1-4-21-20(22-12-16-9-5-6-10-18(16)26-3)23-13-17-14-25-15(2)8-7-11-19(25)24-17;/h5-11,14H,4,12-13H2,1-3H3,(H2,21,22,23);1H. The van der Waals surface area contributed by atoms with Gasteiger partial charge in [-0.1, -0.05) is 24.3 Å². The molecule has 3 aromatic rings. The van der Waals surface area contributed by atoms with E-state index in [9.17, 15) is 0 Å². The largest absolute Gasteiger partial charge is 0.496 e. The average molecular weight is 479 g/mol. The lowest BCUT2D eigenvalue weighted by atomic mass is 10.2. The molecule has 3 rings (SSSR count). The van der Waals surface area contributed by atoms with Gasteiger partial charge < -0.3 is 19.8 Å². The topological polar surface area (TPSA) is 63.0 Å². The highest BCUT2D eigenvalue weighted by Gasteiger charge is 2.05. The number of aryl methyl sites for hydroxylation is 1. The summed E-state index contributed by atoms with van der Waals surface area (Å²) in [5.74, 6) is 1.61. The fourth-order valence-corrected chi connectivity index (χ4v) is 2.80. The van der Waals surface area contributed by atoms with E-state index in [0.717, 1.165) is 40.9 Å². The minimum absolute atomic E-state index is 0. The number of guanidine groups is 1. The lowest BCUT2D eigenvalue weighted by molar-refractivity contribution is 0.410. The summed E-state index contributed by atoms with van der Waals surface area (Å²) in [5.41, 5.74) is 4.15. The van der Waals surface area contributed by atoms with Crippen LogP contribution in [0.2, 0.25) is 0 Å². The number of para-hydroxylation sites is 1. The summed E-state index contributed by atoms with van der Waals surface area (Å²) in [6.07, 6.45) is 2.06. The first-order valence-electron chi connectivity index (χ1n) is 8.79. The molecule has 2 heterocycles. The fraction of sp³-hybridized carbons (Fsp3) is 0.300. The number of pyridine rings is 1. The number of hydrogen-bond donors (Lipinski definition) is 2. The van der Waals surface area contributed by atoms with Gasteiger partial charge >= 0.3 is 0 Å². The minimum Gasteiger partial charge on any atom is -0.496 e. The maximum atomic E-state index is 5.39.